The highest BCUT2D eigenvalue weighted by molar-refractivity contribution is 5.90. The van der Waals surface area contributed by atoms with Gasteiger partial charge in [0.2, 0.25) is 5.91 Å². The van der Waals surface area contributed by atoms with Crippen LogP contribution < -0.4 is 5.32 Å². The van der Waals surface area contributed by atoms with Crippen LogP contribution in [0.15, 0.2) is 37.2 Å². The van der Waals surface area contributed by atoms with E-state index in [4.69, 9.17) is 0 Å². The molecule has 0 saturated heterocycles. The number of hydrogen-bond donors (Lipinski definition) is 1. The normalized spacial score (nSPS) is 12.1. The Labute approximate surface area is 98.7 Å². The lowest BCUT2D eigenvalue weighted by molar-refractivity contribution is -0.116. The van der Waals surface area contributed by atoms with Crippen LogP contribution in [0.4, 0.5) is 5.69 Å². The summed E-state index contributed by atoms with van der Waals surface area (Å²) in [6.45, 7) is 1.91. The summed E-state index contributed by atoms with van der Waals surface area (Å²) in [6, 6.07) is 3.55. The summed E-state index contributed by atoms with van der Waals surface area (Å²) in [6.07, 6.45) is 6.67. The molecular weight excluding hydrogens is 218 g/mol. The minimum Gasteiger partial charge on any atom is -0.325 e. The molecule has 88 valence electrons. The zero-order chi connectivity index (χ0) is 12.1. The van der Waals surface area contributed by atoms with Crippen molar-refractivity contribution in [3.8, 4) is 0 Å². The van der Waals surface area contributed by atoms with Crippen molar-refractivity contribution < 1.29 is 4.79 Å². The summed E-state index contributed by atoms with van der Waals surface area (Å²) in [5.74, 6) is -0.0685. The van der Waals surface area contributed by atoms with E-state index in [1.165, 1.54) is 6.33 Å². The molecule has 2 aromatic heterocycles. The molecular formula is C11H13N5O. The highest BCUT2D eigenvalue weighted by Gasteiger charge is 2.11. The second kappa shape index (κ2) is 5.20. The number of hydrogen-bond acceptors (Lipinski definition) is 4. The quantitative estimate of drug-likeness (QED) is 0.859. The third-order valence-electron chi connectivity index (χ3n) is 2.31. The molecule has 6 heteroatoms. The van der Waals surface area contributed by atoms with Crippen molar-refractivity contribution in [2.45, 2.75) is 19.4 Å². The lowest BCUT2D eigenvalue weighted by atomic mass is 10.2. The van der Waals surface area contributed by atoms with Crippen LogP contribution in [0.1, 0.15) is 19.4 Å². The molecule has 0 radical (unpaired) electrons. The van der Waals surface area contributed by atoms with Gasteiger partial charge in [-0.05, 0) is 19.1 Å². The molecule has 1 atom stereocenters. The van der Waals surface area contributed by atoms with Gasteiger partial charge in [0.05, 0.1) is 17.9 Å². The van der Waals surface area contributed by atoms with Crippen LogP contribution in [0.3, 0.4) is 0 Å². The van der Waals surface area contributed by atoms with E-state index in [1.807, 2.05) is 6.92 Å². The molecule has 0 aromatic carbocycles. The molecule has 0 fully saturated rings. The van der Waals surface area contributed by atoms with E-state index in [-0.39, 0.29) is 11.9 Å². The zero-order valence-corrected chi connectivity index (χ0v) is 9.45. The SMILES string of the molecule is C[C@@H](CC(=O)Nc1cccnc1)n1cncn1. The van der Waals surface area contributed by atoms with Crippen LogP contribution in [-0.4, -0.2) is 25.7 Å². The van der Waals surface area contributed by atoms with Crippen LogP contribution in [0, 0.1) is 0 Å². The summed E-state index contributed by atoms with van der Waals surface area (Å²) in [5.41, 5.74) is 0.697. The van der Waals surface area contributed by atoms with Crippen molar-refractivity contribution in [1.29, 1.82) is 0 Å². The number of carbonyl (C=O) groups excluding carboxylic acids is 1. The molecule has 2 aromatic rings. The van der Waals surface area contributed by atoms with Gasteiger partial charge in [0.1, 0.15) is 12.7 Å². The minimum atomic E-state index is -0.0685. The maximum absolute atomic E-state index is 11.7. The number of nitrogens with zero attached hydrogens (tertiary/aromatic N) is 4. The van der Waals surface area contributed by atoms with Crippen molar-refractivity contribution in [2.24, 2.45) is 0 Å². The lowest BCUT2D eigenvalue weighted by Gasteiger charge is -2.11. The van der Waals surface area contributed by atoms with Gasteiger partial charge in [-0.1, -0.05) is 0 Å². The van der Waals surface area contributed by atoms with Crippen molar-refractivity contribution in [2.75, 3.05) is 5.32 Å². The Morgan fingerprint density at radius 3 is 3.06 bits per heavy atom. The van der Waals surface area contributed by atoms with Crippen LogP contribution in [-0.2, 0) is 4.79 Å². The van der Waals surface area contributed by atoms with Gasteiger partial charge in [-0.15, -0.1) is 0 Å². The summed E-state index contributed by atoms with van der Waals surface area (Å²) < 4.78 is 1.66. The van der Waals surface area contributed by atoms with E-state index in [0.29, 0.717) is 12.1 Å². The Morgan fingerprint density at radius 2 is 2.41 bits per heavy atom. The average molecular weight is 231 g/mol. The number of carbonyl (C=O) groups is 1. The number of aromatic nitrogens is 4. The molecule has 0 aliphatic carbocycles. The minimum absolute atomic E-state index is 0.0193. The summed E-state index contributed by atoms with van der Waals surface area (Å²) in [5, 5.41) is 6.76. The van der Waals surface area contributed by atoms with Crippen LogP contribution in [0.25, 0.3) is 0 Å². The van der Waals surface area contributed by atoms with Gasteiger partial charge in [-0.3, -0.25) is 9.78 Å². The van der Waals surface area contributed by atoms with Crippen molar-refractivity contribution >= 4 is 11.6 Å². The van der Waals surface area contributed by atoms with E-state index >= 15 is 0 Å². The third kappa shape index (κ3) is 3.10. The first-order chi connectivity index (χ1) is 8.25. The predicted molar refractivity (Wildman–Crippen MR) is 62.2 cm³/mol. The average Bonchev–Trinajstić information content (AvgIpc) is 2.83. The number of nitrogens with one attached hydrogen (secondary N) is 1. The van der Waals surface area contributed by atoms with Gasteiger partial charge >= 0.3 is 0 Å². The smallest absolute Gasteiger partial charge is 0.226 e. The fourth-order valence-electron chi connectivity index (χ4n) is 1.46. The van der Waals surface area contributed by atoms with Crippen molar-refractivity contribution in [1.82, 2.24) is 19.7 Å². The number of anilines is 1. The van der Waals surface area contributed by atoms with E-state index in [2.05, 4.69) is 20.4 Å². The number of rotatable bonds is 4. The summed E-state index contributed by atoms with van der Waals surface area (Å²) >= 11 is 0. The topological polar surface area (TPSA) is 72.7 Å². The monoisotopic (exact) mass is 231 g/mol. The second-order valence-electron chi connectivity index (χ2n) is 3.72. The van der Waals surface area contributed by atoms with Gasteiger partial charge in [-0.2, -0.15) is 5.10 Å². The van der Waals surface area contributed by atoms with E-state index in [1.54, 1.807) is 35.5 Å². The highest BCUT2D eigenvalue weighted by Crippen LogP contribution is 2.10. The van der Waals surface area contributed by atoms with Crippen molar-refractivity contribution in [3.05, 3.63) is 37.2 Å². The highest BCUT2D eigenvalue weighted by atomic mass is 16.1. The Hall–Kier alpha value is -2.24. The first-order valence-corrected chi connectivity index (χ1v) is 5.29. The van der Waals surface area contributed by atoms with Gasteiger partial charge in [0.15, 0.2) is 0 Å². The maximum atomic E-state index is 11.7. The largest absolute Gasteiger partial charge is 0.325 e. The Bertz CT molecular complexity index is 468. The standard InChI is InChI=1S/C11H13N5O/c1-9(16-8-13-7-14-16)5-11(17)15-10-3-2-4-12-6-10/h2-4,6-9H,5H2,1H3,(H,15,17)/t9-/m0/s1. The molecule has 0 bridgehead atoms. The first kappa shape index (κ1) is 11.3. The van der Waals surface area contributed by atoms with Gasteiger partial charge in [-0.25, -0.2) is 9.67 Å². The van der Waals surface area contributed by atoms with E-state index in [9.17, 15) is 4.79 Å². The number of amides is 1. The maximum Gasteiger partial charge on any atom is 0.226 e. The Morgan fingerprint density at radius 1 is 1.53 bits per heavy atom. The molecule has 6 nitrogen and oxygen atoms in total. The molecule has 0 spiro atoms. The molecule has 0 aliphatic rings. The number of pyridine rings is 1. The van der Waals surface area contributed by atoms with E-state index in [0.717, 1.165) is 0 Å². The van der Waals surface area contributed by atoms with Gasteiger partial charge < -0.3 is 5.32 Å². The second-order valence-corrected chi connectivity index (χ2v) is 3.72. The molecule has 1 amide bonds. The summed E-state index contributed by atoms with van der Waals surface area (Å²) in [7, 11) is 0. The Balaban J connectivity index is 1.90. The third-order valence-corrected chi connectivity index (χ3v) is 2.31. The molecule has 2 heterocycles. The van der Waals surface area contributed by atoms with Crippen LogP contribution in [0.2, 0.25) is 0 Å². The summed E-state index contributed by atoms with van der Waals surface area (Å²) in [4.78, 5) is 19.5. The molecule has 0 aliphatic heterocycles. The lowest BCUT2D eigenvalue weighted by Crippen LogP contribution is -2.17. The molecule has 0 unspecified atom stereocenters. The molecule has 2 rings (SSSR count). The Kier molecular flexibility index (Phi) is 3.44. The molecule has 17 heavy (non-hydrogen) atoms. The van der Waals surface area contributed by atoms with Crippen LogP contribution in [0.5, 0.6) is 0 Å². The fourth-order valence-corrected chi connectivity index (χ4v) is 1.46. The van der Waals surface area contributed by atoms with Gasteiger partial charge in [0.25, 0.3) is 0 Å². The van der Waals surface area contributed by atoms with Crippen LogP contribution >= 0.6 is 0 Å². The zero-order valence-electron chi connectivity index (χ0n) is 9.45. The first-order valence-electron chi connectivity index (χ1n) is 5.29. The van der Waals surface area contributed by atoms with Gasteiger partial charge in [0, 0.05) is 12.6 Å². The fraction of sp³-hybridized carbons (Fsp3) is 0.273. The molecule has 0 saturated carbocycles. The predicted octanol–water partition coefficient (Wildman–Crippen LogP) is 1.26. The van der Waals surface area contributed by atoms with E-state index < -0.39 is 0 Å². The van der Waals surface area contributed by atoms with Crippen molar-refractivity contribution in [3.63, 3.8) is 0 Å². The molecule has 1 N–H and O–H groups in total.